The molecule has 0 aliphatic rings. The van der Waals surface area contributed by atoms with Crippen LogP contribution in [0.1, 0.15) is 17.3 Å². The van der Waals surface area contributed by atoms with E-state index < -0.39 is 22.3 Å². The molecule has 0 spiro atoms. The second-order valence-corrected chi connectivity index (χ2v) is 19.3. The Kier molecular flexibility index (Phi) is 7.19. The van der Waals surface area contributed by atoms with Gasteiger partial charge in [-0.05, 0) is 19.1 Å². The number of amides is 1. The van der Waals surface area contributed by atoms with E-state index in [4.69, 9.17) is 0 Å². The highest BCUT2D eigenvalue weighted by Gasteiger charge is 2.30. The molecule has 0 radical (unpaired) electrons. The summed E-state index contributed by atoms with van der Waals surface area (Å²) in [6, 6.07) is 9.12. The third-order valence-electron chi connectivity index (χ3n) is 3.71. The molecule has 0 heterocycles. The smallest absolute Gasteiger partial charge is 0.253 e. The van der Waals surface area contributed by atoms with E-state index in [0.29, 0.717) is 5.56 Å². The quantitative estimate of drug-likeness (QED) is 0.738. The molecule has 1 rings (SSSR count). The van der Waals surface area contributed by atoms with E-state index in [1.807, 2.05) is 48.2 Å². The van der Waals surface area contributed by atoms with Gasteiger partial charge in [0.2, 0.25) is 0 Å². The third kappa shape index (κ3) is 7.15. The lowest BCUT2D eigenvalue weighted by Gasteiger charge is -2.36. The molecular weight excluding hydrogens is 330 g/mol. The van der Waals surface area contributed by atoms with Gasteiger partial charge in [-0.25, -0.2) is 0 Å². The Morgan fingerprint density at radius 3 is 2.12 bits per heavy atom. The van der Waals surface area contributed by atoms with E-state index in [1.54, 1.807) is 0 Å². The summed E-state index contributed by atoms with van der Waals surface area (Å²) in [6.45, 7) is 15.4. The summed E-state index contributed by atoms with van der Waals surface area (Å²) in [5, 5.41) is 10.6. The minimum atomic E-state index is -1.51. The van der Waals surface area contributed by atoms with Crippen LogP contribution in [0.25, 0.3) is 0 Å². The first-order chi connectivity index (χ1) is 10.9. The van der Waals surface area contributed by atoms with Crippen LogP contribution in [-0.2, 0) is 0 Å². The molecular formula is C19H33NO2Si2. The highest BCUT2D eigenvalue weighted by molar-refractivity contribution is 6.81. The topological polar surface area (TPSA) is 40.5 Å². The van der Waals surface area contributed by atoms with Gasteiger partial charge in [0.05, 0.1) is 28.3 Å². The molecule has 0 bridgehead atoms. The molecule has 3 nitrogen and oxygen atoms in total. The summed E-state index contributed by atoms with van der Waals surface area (Å²) in [5.74, 6) is 0.00554. The molecule has 1 aromatic carbocycles. The molecule has 0 aromatic heterocycles. The van der Waals surface area contributed by atoms with Gasteiger partial charge in [0, 0.05) is 11.7 Å². The predicted octanol–water partition coefficient (Wildman–Crippen LogP) is 4.19. The van der Waals surface area contributed by atoms with Gasteiger partial charge in [-0.15, -0.1) is 0 Å². The number of aliphatic hydroxyl groups excluding tert-OH is 1. The van der Waals surface area contributed by atoms with Crippen molar-refractivity contribution >= 4 is 22.1 Å². The molecule has 0 aliphatic carbocycles. The summed E-state index contributed by atoms with van der Waals surface area (Å²) in [5.41, 5.74) is 2.83. The van der Waals surface area contributed by atoms with Crippen molar-refractivity contribution in [1.82, 2.24) is 4.90 Å². The van der Waals surface area contributed by atoms with E-state index >= 15 is 0 Å². The van der Waals surface area contributed by atoms with Crippen LogP contribution in [0.5, 0.6) is 0 Å². The number of rotatable bonds is 7. The maximum absolute atomic E-state index is 13.0. The van der Waals surface area contributed by atoms with Crippen molar-refractivity contribution in [3.63, 3.8) is 0 Å². The lowest BCUT2D eigenvalue weighted by atomic mass is 10.1. The zero-order valence-electron chi connectivity index (χ0n) is 16.2. The summed E-state index contributed by atoms with van der Waals surface area (Å²) in [4.78, 5) is 14.9. The van der Waals surface area contributed by atoms with Gasteiger partial charge in [0.25, 0.3) is 5.91 Å². The van der Waals surface area contributed by atoms with E-state index in [-0.39, 0.29) is 11.9 Å². The van der Waals surface area contributed by atoms with Gasteiger partial charge in [0.1, 0.15) is 0 Å². The lowest BCUT2D eigenvalue weighted by molar-refractivity contribution is 0.0566. The fourth-order valence-electron chi connectivity index (χ4n) is 2.39. The molecule has 2 atom stereocenters. The van der Waals surface area contributed by atoms with Crippen molar-refractivity contribution in [2.75, 3.05) is 6.17 Å². The average molecular weight is 364 g/mol. The monoisotopic (exact) mass is 363 g/mol. The Morgan fingerprint density at radius 2 is 1.67 bits per heavy atom. The second-order valence-electron chi connectivity index (χ2n) is 8.82. The minimum Gasteiger partial charge on any atom is -0.387 e. The highest BCUT2D eigenvalue weighted by Crippen LogP contribution is 2.16. The van der Waals surface area contributed by atoms with E-state index in [0.717, 1.165) is 6.17 Å². The predicted molar refractivity (Wildman–Crippen MR) is 109 cm³/mol. The van der Waals surface area contributed by atoms with Gasteiger partial charge in [-0.3, -0.25) is 4.79 Å². The first kappa shape index (κ1) is 20.9. The highest BCUT2D eigenvalue weighted by atomic mass is 28.3. The van der Waals surface area contributed by atoms with Gasteiger partial charge < -0.3 is 10.0 Å². The molecule has 0 unspecified atom stereocenters. The number of benzene rings is 1. The standard InChI is InChI=1S/C19H33NO2Si2/c1-16(18(21)13-14-23(2,3)4)20(15-24(5,6)7)19(22)17-11-9-8-10-12-17/h8-14,16,18,21H,15H2,1-7H3/b14-13+/t16-,18+/m0/s1. The summed E-state index contributed by atoms with van der Waals surface area (Å²) in [7, 11) is -2.88. The average Bonchev–Trinajstić information content (AvgIpc) is 2.48. The van der Waals surface area contributed by atoms with E-state index in [9.17, 15) is 9.90 Å². The molecule has 1 N–H and O–H groups in total. The van der Waals surface area contributed by atoms with E-state index in [1.165, 1.54) is 0 Å². The zero-order chi connectivity index (χ0) is 18.5. The largest absolute Gasteiger partial charge is 0.387 e. The Balaban J connectivity index is 3.05. The Morgan fingerprint density at radius 1 is 1.12 bits per heavy atom. The fourth-order valence-corrected chi connectivity index (χ4v) is 4.62. The van der Waals surface area contributed by atoms with Crippen LogP contribution < -0.4 is 0 Å². The molecule has 1 aromatic rings. The van der Waals surface area contributed by atoms with Crippen molar-refractivity contribution in [3.8, 4) is 0 Å². The van der Waals surface area contributed by atoms with Crippen molar-refractivity contribution in [2.45, 2.75) is 58.4 Å². The van der Waals surface area contributed by atoms with Crippen molar-refractivity contribution in [3.05, 3.63) is 47.7 Å². The SMILES string of the molecule is C[C@@H]([C@H](O)/C=C/[Si](C)(C)C)N(C[Si](C)(C)C)C(=O)c1ccccc1. The molecule has 5 heteroatoms. The van der Waals surface area contributed by atoms with Crippen molar-refractivity contribution in [2.24, 2.45) is 0 Å². The second kappa shape index (κ2) is 8.27. The Bertz CT molecular complexity index is 559. The molecule has 1 amide bonds. The normalized spacial score (nSPS) is 15.3. The summed E-state index contributed by atoms with van der Waals surface area (Å²) >= 11 is 0. The Labute approximate surface area is 149 Å². The third-order valence-corrected chi connectivity index (χ3v) is 6.19. The van der Waals surface area contributed by atoms with Gasteiger partial charge >= 0.3 is 0 Å². The van der Waals surface area contributed by atoms with Crippen LogP contribution in [0, 0.1) is 0 Å². The van der Waals surface area contributed by atoms with Crippen LogP contribution in [0.4, 0.5) is 0 Å². The van der Waals surface area contributed by atoms with Crippen LogP contribution in [0.2, 0.25) is 39.3 Å². The number of hydrogen-bond acceptors (Lipinski definition) is 2. The molecule has 0 saturated heterocycles. The maximum atomic E-state index is 13.0. The minimum absolute atomic E-state index is 0.00554. The van der Waals surface area contributed by atoms with E-state index in [2.05, 4.69) is 45.0 Å². The number of hydrogen-bond donors (Lipinski definition) is 1. The van der Waals surface area contributed by atoms with Gasteiger partial charge in [-0.2, -0.15) is 0 Å². The number of nitrogens with zero attached hydrogens (tertiary/aromatic N) is 1. The van der Waals surface area contributed by atoms with Crippen LogP contribution >= 0.6 is 0 Å². The first-order valence-electron chi connectivity index (χ1n) is 8.64. The van der Waals surface area contributed by atoms with Crippen molar-refractivity contribution in [1.29, 1.82) is 0 Å². The zero-order valence-corrected chi connectivity index (χ0v) is 18.2. The van der Waals surface area contributed by atoms with Gasteiger partial charge in [0.15, 0.2) is 0 Å². The molecule has 0 fully saturated rings. The van der Waals surface area contributed by atoms with Crippen LogP contribution in [0.15, 0.2) is 42.1 Å². The molecule has 134 valence electrons. The van der Waals surface area contributed by atoms with Crippen molar-refractivity contribution < 1.29 is 9.90 Å². The molecule has 0 saturated carbocycles. The number of carbonyl (C=O) groups is 1. The Hall–Kier alpha value is -1.18. The summed E-state index contributed by atoms with van der Waals surface area (Å²) in [6.07, 6.45) is 1.98. The molecule has 24 heavy (non-hydrogen) atoms. The first-order valence-corrected chi connectivity index (χ1v) is 15.9. The van der Waals surface area contributed by atoms with Crippen LogP contribution in [0.3, 0.4) is 0 Å². The van der Waals surface area contributed by atoms with Crippen LogP contribution in [-0.4, -0.2) is 50.4 Å². The number of aliphatic hydroxyl groups is 1. The molecule has 0 aliphatic heterocycles. The lowest BCUT2D eigenvalue weighted by Crippen LogP contribution is -2.51. The fraction of sp³-hybridized carbons (Fsp3) is 0.526. The number of carbonyl (C=O) groups excluding carboxylic acids is 1. The maximum Gasteiger partial charge on any atom is 0.253 e. The van der Waals surface area contributed by atoms with Gasteiger partial charge in [-0.1, -0.05) is 69.3 Å². The summed E-state index contributed by atoms with van der Waals surface area (Å²) < 4.78 is 0.